The van der Waals surface area contributed by atoms with Crippen molar-refractivity contribution in [3.8, 4) is 0 Å². The number of fused-ring (bicyclic) bond motifs is 1. The first-order valence-corrected chi connectivity index (χ1v) is 5.92. The molecule has 1 aromatic heterocycles. The van der Waals surface area contributed by atoms with Crippen LogP contribution < -0.4 is 5.32 Å². The van der Waals surface area contributed by atoms with Crippen LogP contribution >= 0.6 is 0 Å². The number of amides is 2. The van der Waals surface area contributed by atoms with Crippen LogP contribution in [-0.2, 0) is 9.59 Å². The Morgan fingerprint density at radius 1 is 1.39 bits per heavy atom. The summed E-state index contributed by atoms with van der Waals surface area (Å²) in [5, 5.41) is 2.37. The van der Waals surface area contributed by atoms with Gasteiger partial charge in [-0.25, -0.2) is 4.98 Å². The summed E-state index contributed by atoms with van der Waals surface area (Å²) in [6, 6.07) is 5.60. The van der Waals surface area contributed by atoms with Gasteiger partial charge in [-0.1, -0.05) is 6.07 Å². The third-order valence-corrected chi connectivity index (χ3v) is 3.28. The third-order valence-electron chi connectivity index (χ3n) is 3.28. The summed E-state index contributed by atoms with van der Waals surface area (Å²) in [7, 11) is 0. The van der Waals surface area contributed by atoms with Crippen molar-refractivity contribution >= 4 is 22.8 Å². The lowest BCUT2D eigenvalue weighted by atomic mass is 10.1. The molecule has 1 N–H and O–H groups in total. The van der Waals surface area contributed by atoms with Crippen molar-refractivity contribution in [1.29, 1.82) is 0 Å². The fourth-order valence-corrected chi connectivity index (χ4v) is 2.34. The lowest BCUT2D eigenvalue weighted by Crippen LogP contribution is -2.41. The van der Waals surface area contributed by atoms with Gasteiger partial charge >= 0.3 is 0 Å². The van der Waals surface area contributed by atoms with Crippen LogP contribution in [0.25, 0.3) is 11.0 Å². The van der Waals surface area contributed by atoms with Gasteiger partial charge in [0.1, 0.15) is 6.04 Å². The zero-order valence-corrected chi connectivity index (χ0v) is 10.0. The summed E-state index contributed by atoms with van der Waals surface area (Å²) in [6.45, 7) is 2.00. The molecular formula is C13H13N3O2. The zero-order chi connectivity index (χ0) is 12.7. The number of imidazole rings is 1. The molecule has 1 unspecified atom stereocenters. The van der Waals surface area contributed by atoms with Gasteiger partial charge in [-0.2, -0.15) is 0 Å². The number of benzene rings is 1. The highest BCUT2D eigenvalue weighted by Gasteiger charge is 2.28. The summed E-state index contributed by atoms with van der Waals surface area (Å²) in [5.74, 6) is -0.442. The maximum atomic E-state index is 11.8. The first kappa shape index (κ1) is 11.0. The second-order valence-corrected chi connectivity index (χ2v) is 4.61. The van der Waals surface area contributed by atoms with E-state index in [0.29, 0.717) is 12.8 Å². The average Bonchev–Trinajstić information content (AvgIpc) is 2.72. The molecule has 1 atom stereocenters. The zero-order valence-electron chi connectivity index (χ0n) is 10.0. The number of nitrogens with zero attached hydrogens (tertiary/aromatic N) is 2. The van der Waals surface area contributed by atoms with E-state index in [1.54, 1.807) is 6.33 Å². The molecule has 1 aliphatic heterocycles. The molecule has 92 valence electrons. The van der Waals surface area contributed by atoms with Crippen LogP contribution in [0, 0.1) is 6.92 Å². The van der Waals surface area contributed by atoms with Crippen LogP contribution in [-0.4, -0.2) is 21.4 Å². The van der Waals surface area contributed by atoms with Gasteiger partial charge in [0, 0.05) is 6.42 Å². The predicted octanol–water partition coefficient (Wildman–Crippen LogP) is 1.32. The number of nitrogens with one attached hydrogen (secondary N) is 1. The molecule has 0 bridgehead atoms. The molecule has 1 saturated heterocycles. The van der Waals surface area contributed by atoms with Gasteiger partial charge in [0.2, 0.25) is 11.8 Å². The van der Waals surface area contributed by atoms with Crippen LogP contribution in [0.2, 0.25) is 0 Å². The highest BCUT2D eigenvalue weighted by atomic mass is 16.2. The monoisotopic (exact) mass is 243 g/mol. The second-order valence-electron chi connectivity index (χ2n) is 4.61. The fraction of sp³-hybridized carbons (Fsp3) is 0.308. The van der Waals surface area contributed by atoms with Gasteiger partial charge in [-0.15, -0.1) is 0 Å². The van der Waals surface area contributed by atoms with Crippen molar-refractivity contribution in [1.82, 2.24) is 14.9 Å². The van der Waals surface area contributed by atoms with E-state index in [0.717, 1.165) is 16.6 Å². The Morgan fingerprint density at radius 3 is 3.00 bits per heavy atom. The molecule has 0 radical (unpaired) electrons. The largest absolute Gasteiger partial charge is 0.318 e. The number of rotatable bonds is 1. The molecule has 2 heterocycles. The normalized spacial score (nSPS) is 20.2. The minimum Gasteiger partial charge on any atom is -0.318 e. The highest BCUT2D eigenvalue weighted by molar-refractivity contribution is 6.00. The Kier molecular flexibility index (Phi) is 2.40. The van der Waals surface area contributed by atoms with Gasteiger partial charge < -0.3 is 4.57 Å². The SMILES string of the molecule is Cc1ccc2c(c1)ncn2C1CCC(=O)NC1=O. The van der Waals surface area contributed by atoms with Crippen molar-refractivity contribution in [2.45, 2.75) is 25.8 Å². The van der Waals surface area contributed by atoms with Crippen LogP contribution in [0.3, 0.4) is 0 Å². The molecule has 0 spiro atoms. The molecule has 3 rings (SSSR count). The van der Waals surface area contributed by atoms with E-state index in [1.807, 2.05) is 29.7 Å². The van der Waals surface area contributed by atoms with E-state index in [4.69, 9.17) is 0 Å². The Morgan fingerprint density at radius 2 is 2.22 bits per heavy atom. The summed E-state index contributed by atoms with van der Waals surface area (Å²) < 4.78 is 1.84. The lowest BCUT2D eigenvalue weighted by molar-refractivity contribution is -0.135. The van der Waals surface area contributed by atoms with E-state index in [9.17, 15) is 9.59 Å². The van der Waals surface area contributed by atoms with E-state index >= 15 is 0 Å². The molecule has 2 aromatic rings. The molecule has 5 heteroatoms. The first-order chi connectivity index (χ1) is 8.65. The third kappa shape index (κ3) is 1.68. The molecule has 1 fully saturated rings. The molecule has 0 saturated carbocycles. The number of imide groups is 1. The predicted molar refractivity (Wildman–Crippen MR) is 65.9 cm³/mol. The Labute approximate surface area is 104 Å². The molecule has 1 aliphatic rings. The molecule has 5 nitrogen and oxygen atoms in total. The summed E-state index contributed by atoms with van der Waals surface area (Å²) >= 11 is 0. The number of carbonyl (C=O) groups is 2. The Balaban J connectivity index is 2.04. The number of aryl methyl sites for hydroxylation is 1. The standard InChI is InChI=1S/C13H13N3O2/c1-8-2-3-10-9(6-8)14-7-16(10)11-4-5-12(17)15-13(11)18/h2-3,6-7,11H,4-5H2,1H3,(H,15,17,18). The average molecular weight is 243 g/mol. The van der Waals surface area contributed by atoms with Crippen LogP contribution in [0.1, 0.15) is 24.4 Å². The van der Waals surface area contributed by atoms with Crippen LogP contribution in [0.4, 0.5) is 0 Å². The number of aromatic nitrogens is 2. The molecule has 1 aromatic carbocycles. The Hall–Kier alpha value is -2.17. The minimum absolute atomic E-state index is 0.198. The van der Waals surface area contributed by atoms with Crippen molar-refractivity contribution < 1.29 is 9.59 Å². The summed E-state index contributed by atoms with van der Waals surface area (Å²) in [5.41, 5.74) is 2.94. The van der Waals surface area contributed by atoms with Gasteiger partial charge in [-0.05, 0) is 31.0 Å². The lowest BCUT2D eigenvalue weighted by Gasteiger charge is -2.22. The first-order valence-electron chi connectivity index (χ1n) is 5.92. The van der Waals surface area contributed by atoms with Gasteiger partial charge in [-0.3, -0.25) is 14.9 Å². The molecular weight excluding hydrogens is 230 g/mol. The van der Waals surface area contributed by atoms with Gasteiger partial charge in [0.25, 0.3) is 0 Å². The van der Waals surface area contributed by atoms with Crippen molar-refractivity contribution in [3.05, 3.63) is 30.1 Å². The van der Waals surface area contributed by atoms with Crippen LogP contribution in [0.5, 0.6) is 0 Å². The molecule has 2 amide bonds. The van der Waals surface area contributed by atoms with Crippen LogP contribution in [0.15, 0.2) is 24.5 Å². The number of piperidine rings is 1. The van der Waals surface area contributed by atoms with E-state index < -0.39 is 0 Å². The minimum atomic E-state index is -0.338. The summed E-state index contributed by atoms with van der Waals surface area (Å²) in [6.07, 6.45) is 2.58. The van der Waals surface area contributed by atoms with Crippen molar-refractivity contribution in [2.75, 3.05) is 0 Å². The topological polar surface area (TPSA) is 64.0 Å². The quantitative estimate of drug-likeness (QED) is 0.768. The molecule has 0 aliphatic carbocycles. The molecule has 18 heavy (non-hydrogen) atoms. The highest BCUT2D eigenvalue weighted by Crippen LogP contribution is 2.24. The van der Waals surface area contributed by atoms with E-state index in [2.05, 4.69) is 10.3 Å². The maximum Gasteiger partial charge on any atom is 0.249 e. The number of carbonyl (C=O) groups excluding carboxylic acids is 2. The smallest absolute Gasteiger partial charge is 0.249 e. The van der Waals surface area contributed by atoms with Crippen molar-refractivity contribution in [3.63, 3.8) is 0 Å². The Bertz CT molecular complexity index is 645. The van der Waals surface area contributed by atoms with E-state index in [-0.39, 0.29) is 17.9 Å². The second kappa shape index (κ2) is 3.94. The fourth-order valence-electron chi connectivity index (χ4n) is 2.34. The number of hydrogen-bond acceptors (Lipinski definition) is 3. The van der Waals surface area contributed by atoms with E-state index in [1.165, 1.54) is 0 Å². The summed E-state index contributed by atoms with van der Waals surface area (Å²) in [4.78, 5) is 27.3. The number of hydrogen-bond donors (Lipinski definition) is 1. The van der Waals surface area contributed by atoms with Gasteiger partial charge in [0.15, 0.2) is 0 Å². The van der Waals surface area contributed by atoms with Gasteiger partial charge in [0.05, 0.1) is 17.4 Å². The van der Waals surface area contributed by atoms with Crippen molar-refractivity contribution in [2.24, 2.45) is 0 Å². The maximum absolute atomic E-state index is 11.8.